The first kappa shape index (κ1) is 12.4. The van der Waals surface area contributed by atoms with Crippen molar-refractivity contribution in [2.24, 2.45) is 5.73 Å². The Kier molecular flexibility index (Phi) is 6.54. The van der Waals surface area contributed by atoms with Crippen LogP contribution in [0.25, 0.3) is 0 Å². The lowest BCUT2D eigenvalue weighted by atomic mass is 10.2. The molecule has 0 saturated carbocycles. The summed E-state index contributed by atoms with van der Waals surface area (Å²) >= 11 is 0. The smallest absolute Gasteiger partial charge is 0.221 e. The van der Waals surface area contributed by atoms with Crippen molar-refractivity contribution in [3.8, 4) is 0 Å². The molecule has 0 spiro atoms. The highest BCUT2D eigenvalue weighted by Crippen LogP contribution is 1.85. The fraction of sp³-hybridized carbons (Fsp3) is 0.889. The van der Waals surface area contributed by atoms with E-state index in [1.807, 2.05) is 14.0 Å². The van der Waals surface area contributed by atoms with E-state index in [2.05, 4.69) is 17.1 Å². The Morgan fingerprint density at radius 3 is 2.69 bits per heavy atom. The monoisotopic (exact) mass is 187 g/mol. The molecule has 0 aliphatic carbocycles. The van der Waals surface area contributed by atoms with Crippen LogP contribution < -0.4 is 11.1 Å². The van der Waals surface area contributed by atoms with E-state index in [4.69, 9.17) is 5.73 Å². The van der Waals surface area contributed by atoms with Gasteiger partial charge in [-0.1, -0.05) is 6.92 Å². The summed E-state index contributed by atoms with van der Waals surface area (Å²) in [6, 6.07) is -0.0519. The molecule has 0 radical (unpaired) electrons. The minimum absolute atomic E-state index is 0.0412. The molecule has 0 bridgehead atoms. The number of carbonyl (C=O) groups excluding carboxylic acids is 1. The van der Waals surface area contributed by atoms with Gasteiger partial charge in [0.05, 0.1) is 0 Å². The first-order valence-electron chi connectivity index (χ1n) is 4.77. The molecule has 0 aromatic heterocycles. The largest absolute Gasteiger partial charge is 0.355 e. The highest BCUT2D eigenvalue weighted by Gasteiger charge is 2.03. The molecule has 0 saturated heterocycles. The van der Waals surface area contributed by atoms with Gasteiger partial charge in [-0.2, -0.15) is 0 Å². The van der Waals surface area contributed by atoms with Gasteiger partial charge in [0.15, 0.2) is 0 Å². The number of amides is 1. The molecule has 3 N–H and O–H groups in total. The van der Waals surface area contributed by atoms with Gasteiger partial charge < -0.3 is 16.0 Å². The normalized spacial score (nSPS) is 13.0. The van der Waals surface area contributed by atoms with Crippen LogP contribution in [0.1, 0.15) is 20.3 Å². The fourth-order valence-electron chi connectivity index (χ4n) is 0.909. The molecule has 1 atom stereocenters. The fourth-order valence-corrected chi connectivity index (χ4v) is 0.909. The summed E-state index contributed by atoms with van der Waals surface area (Å²) in [4.78, 5) is 13.3. The maximum atomic E-state index is 11.1. The Balaban J connectivity index is 3.37. The first-order valence-corrected chi connectivity index (χ1v) is 4.77. The average Bonchev–Trinajstić information content (AvgIpc) is 2.02. The van der Waals surface area contributed by atoms with Crippen LogP contribution in [0.2, 0.25) is 0 Å². The number of nitrogens with one attached hydrogen (secondary N) is 1. The molecular formula is C9H21N3O. The van der Waals surface area contributed by atoms with E-state index in [1.165, 1.54) is 0 Å². The highest BCUT2D eigenvalue weighted by molar-refractivity contribution is 5.76. The SMILES string of the molecule is CCN(C)CCNC(=O)CC(C)N. The lowest BCUT2D eigenvalue weighted by molar-refractivity contribution is -0.121. The maximum absolute atomic E-state index is 11.1. The van der Waals surface area contributed by atoms with Crippen LogP contribution in [0.4, 0.5) is 0 Å². The van der Waals surface area contributed by atoms with Crippen LogP contribution >= 0.6 is 0 Å². The van der Waals surface area contributed by atoms with Gasteiger partial charge in [0.2, 0.25) is 5.91 Å². The Labute approximate surface area is 80.5 Å². The Hall–Kier alpha value is -0.610. The van der Waals surface area contributed by atoms with Crippen LogP contribution in [0.3, 0.4) is 0 Å². The van der Waals surface area contributed by atoms with Crippen LogP contribution in [-0.2, 0) is 4.79 Å². The molecule has 78 valence electrons. The summed E-state index contributed by atoms with van der Waals surface area (Å²) in [5.74, 6) is 0.0412. The predicted octanol–water partition coefficient (Wildman–Crippen LogP) is -0.208. The topological polar surface area (TPSA) is 58.4 Å². The molecule has 1 amide bonds. The number of nitrogens with two attached hydrogens (primary N) is 1. The molecule has 13 heavy (non-hydrogen) atoms. The van der Waals surface area contributed by atoms with Gasteiger partial charge in [-0.05, 0) is 20.5 Å². The van der Waals surface area contributed by atoms with Gasteiger partial charge in [0.25, 0.3) is 0 Å². The van der Waals surface area contributed by atoms with E-state index in [0.717, 1.165) is 13.1 Å². The second-order valence-electron chi connectivity index (χ2n) is 3.43. The number of rotatable bonds is 6. The molecule has 0 rings (SSSR count). The maximum Gasteiger partial charge on any atom is 0.221 e. The zero-order chi connectivity index (χ0) is 10.3. The summed E-state index contributed by atoms with van der Waals surface area (Å²) in [6.07, 6.45) is 0.413. The van der Waals surface area contributed by atoms with Crippen molar-refractivity contribution in [3.05, 3.63) is 0 Å². The molecule has 0 heterocycles. The van der Waals surface area contributed by atoms with Crippen molar-refractivity contribution in [2.45, 2.75) is 26.3 Å². The lowest BCUT2D eigenvalue weighted by Gasteiger charge is -2.14. The first-order chi connectivity index (χ1) is 6.06. The molecular weight excluding hydrogens is 166 g/mol. The average molecular weight is 187 g/mol. The van der Waals surface area contributed by atoms with E-state index in [0.29, 0.717) is 13.0 Å². The number of carbonyl (C=O) groups is 1. The number of hydrogen-bond acceptors (Lipinski definition) is 3. The van der Waals surface area contributed by atoms with Gasteiger partial charge in [0.1, 0.15) is 0 Å². The third kappa shape index (κ3) is 7.74. The zero-order valence-electron chi connectivity index (χ0n) is 8.84. The van der Waals surface area contributed by atoms with E-state index in [1.54, 1.807) is 0 Å². The third-order valence-electron chi connectivity index (χ3n) is 1.86. The number of hydrogen-bond donors (Lipinski definition) is 2. The minimum atomic E-state index is -0.0519. The van der Waals surface area contributed by atoms with Crippen molar-refractivity contribution >= 4 is 5.91 Å². The van der Waals surface area contributed by atoms with Gasteiger partial charge in [-0.15, -0.1) is 0 Å². The third-order valence-corrected chi connectivity index (χ3v) is 1.86. The second-order valence-corrected chi connectivity index (χ2v) is 3.43. The molecule has 0 aliphatic rings. The summed E-state index contributed by atoms with van der Waals surface area (Å²) in [7, 11) is 2.03. The predicted molar refractivity (Wildman–Crippen MR) is 54.4 cm³/mol. The van der Waals surface area contributed by atoms with E-state index in [9.17, 15) is 4.79 Å². The molecule has 0 aromatic carbocycles. The Morgan fingerprint density at radius 1 is 1.62 bits per heavy atom. The van der Waals surface area contributed by atoms with Crippen molar-refractivity contribution in [2.75, 3.05) is 26.7 Å². The molecule has 0 aromatic rings. The summed E-state index contributed by atoms with van der Waals surface area (Å²) in [6.45, 7) is 6.52. The van der Waals surface area contributed by atoms with E-state index < -0.39 is 0 Å². The standard InChI is InChI=1S/C9H21N3O/c1-4-12(3)6-5-11-9(13)7-8(2)10/h8H,4-7,10H2,1-3H3,(H,11,13). The zero-order valence-corrected chi connectivity index (χ0v) is 8.84. The van der Waals surface area contributed by atoms with Crippen molar-refractivity contribution in [3.63, 3.8) is 0 Å². The quantitative estimate of drug-likeness (QED) is 0.605. The molecule has 0 aliphatic heterocycles. The second kappa shape index (κ2) is 6.86. The highest BCUT2D eigenvalue weighted by atomic mass is 16.1. The summed E-state index contributed by atoms with van der Waals surface area (Å²) < 4.78 is 0. The minimum Gasteiger partial charge on any atom is -0.355 e. The van der Waals surface area contributed by atoms with E-state index in [-0.39, 0.29) is 11.9 Å². The Morgan fingerprint density at radius 2 is 2.23 bits per heavy atom. The van der Waals surface area contributed by atoms with Gasteiger partial charge in [-0.25, -0.2) is 0 Å². The van der Waals surface area contributed by atoms with Gasteiger partial charge >= 0.3 is 0 Å². The molecule has 1 unspecified atom stereocenters. The molecule has 4 heteroatoms. The van der Waals surface area contributed by atoms with E-state index >= 15 is 0 Å². The van der Waals surface area contributed by atoms with Crippen molar-refractivity contribution in [1.82, 2.24) is 10.2 Å². The number of nitrogens with zero attached hydrogens (tertiary/aromatic N) is 1. The van der Waals surface area contributed by atoms with Crippen LogP contribution in [0.15, 0.2) is 0 Å². The number of likely N-dealkylation sites (N-methyl/N-ethyl adjacent to an activating group) is 1. The van der Waals surface area contributed by atoms with Gasteiger partial charge in [-0.3, -0.25) is 4.79 Å². The lowest BCUT2D eigenvalue weighted by Crippen LogP contribution is -2.35. The van der Waals surface area contributed by atoms with Crippen molar-refractivity contribution < 1.29 is 4.79 Å². The van der Waals surface area contributed by atoms with Crippen molar-refractivity contribution in [1.29, 1.82) is 0 Å². The summed E-state index contributed by atoms with van der Waals surface area (Å²) in [5.41, 5.74) is 5.48. The van der Waals surface area contributed by atoms with Crippen LogP contribution in [0, 0.1) is 0 Å². The summed E-state index contributed by atoms with van der Waals surface area (Å²) in [5, 5.41) is 2.82. The molecule has 4 nitrogen and oxygen atoms in total. The van der Waals surface area contributed by atoms with Crippen LogP contribution in [-0.4, -0.2) is 43.5 Å². The van der Waals surface area contributed by atoms with Crippen LogP contribution in [0.5, 0.6) is 0 Å². The Bertz CT molecular complexity index is 148. The van der Waals surface area contributed by atoms with Gasteiger partial charge in [0, 0.05) is 25.6 Å². The molecule has 0 fully saturated rings.